The first-order valence-corrected chi connectivity index (χ1v) is 11.6. The normalized spacial score (nSPS) is 10.7. The average Bonchev–Trinajstić information content (AvgIpc) is 2.79. The van der Waals surface area contributed by atoms with Gasteiger partial charge in [-0.2, -0.15) is 0 Å². The molecule has 1 aromatic rings. The van der Waals surface area contributed by atoms with E-state index in [0.717, 1.165) is 29.4 Å². The Morgan fingerprint density at radius 2 is 1.70 bits per heavy atom. The van der Waals surface area contributed by atoms with Crippen molar-refractivity contribution in [3.8, 4) is 0 Å². The molecule has 0 atom stereocenters. The zero-order valence-electron chi connectivity index (χ0n) is 22.6. The van der Waals surface area contributed by atoms with E-state index < -0.39 is 0 Å². The Balaban J connectivity index is -0.000000493. The number of carbonyl (C=O) groups is 2. The highest BCUT2D eigenvalue weighted by Gasteiger charge is 2.08. The molecule has 0 fully saturated rings. The molecule has 1 rings (SSSR count). The Hall–Kier alpha value is -2.44. The summed E-state index contributed by atoms with van der Waals surface area (Å²) in [6, 6.07) is 10.6. The molecule has 0 radical (unpaired) electrons. The van der Waals surface area contributed by atoms with Crippen LogP contribution in [0.1, 0.15) is 52.5 Å². The predicted octanol–water partition coefficient (Wildman–Crippen LogP) is 4.71. The fourth-order valence-electron chi connectivity index (χ4n) is 2.36. The minimum absolute atomic E-state index is 0.0739. The lowest BCUT2D eigenvalue weighted by molar-refractivity contribution is -0.817. The summed E-state index contributed by atoms with van der Waals surface area (Å²) in [7, 11) is 9.15. The van der Waals surface area contributed by atoms with Crippen LogP contribution in [0.2, 0.25) is 0 Å². The maximum absolute atomic E-state index is 11.9. The van der Waals surface area contributed by atoms with Gasteiger partial charge >= 0.3 is 0 Å². The number of hydrogen-bond acceptors (Lipinski definition) is 4. The van der Waals surface area contributed by atoms with E-state index in [4.69, 9.17) is 4.79 Å². The van der Waals surface area contributed by atoms with Crippen molar-refractivity contribution in [2.45, 2.75) is 53.4 Å². The molecule has 0 aliphatic heterocycles. The van der Waals surface area contributed by atoms with E-state index in [1.165, 1.54) is 32.6 Å². The van der Waals surface area contributed by atoms with Gasteiger partial charge in [0.05, 0.1) is 34.5 Å². The van der Waals surface area contributed by atoms with E-state index in [0.29, 0.717) is 12.4 Å². The maximum atomic E-state index is 11.9. The largest absolute Gasteiger partial charge is 0.471 e. The standard InChI is InChI=1S/C15H28N2O.C9H12.C2H4O2.CH5N/c1-7-14(15(18)16-12-13(2)3)10-8-9-11-17(4,5)6;1-2-6-9-7-4-3-5-8-9;1-4-2-3;1-2/h7,9,11,13H,8,10,12H2,1-6H3;3-5,7-8H,2,6H2,1H3;2H,1H3;2H2,1H3/p+1/b11-9?,14-7+;;;. The number of hydrogen-bond donors (Lipinski definition) is 2. The van der Waals surface area contributed by atoms with Gasteiger partial charge in [-0.1, -0.05) is 63.6 Å². The van der Waals surface area contributed by atoms with Gasteiger partial charge in [0.2, 0.25) is 5.91 Å². The lowest BCUT2D eigenvalue weighted by atomic mass is 10.1. The molecular weight excluding hydrogens is 414 g/mol. The third kappa shape index (κ3) is 27.5. The van der Waals surface area contributed by atoms with Crippen molar-refractivity contribution in [1.82, 2.24) is 5.32 Å². The van der Waals surface area contributed by atoms with Crippen LogP contribution in [0.4, 0.5) is 0 Å². The molecule has 1 aromatic carbocycles. The maximum Gasteiger partial charge on any atom is 0.292 e. The van der Waals surface area contributed by atoms with Gasteiger partial charge in [0.1, 0.15) is 0 Å². The minimum atomic E-state index is 0.0739. The first-order chi connectivity index (χ1) is 15.6. The molecule has 0 heterocycles. The first-order valence-electron chi connectivity index (χ1n) is 11.6. The summed E-state index contributed by atoms with van der Waals surface area (Å²) in [4.78, 5) is 20.8. The molecule has 33 heavy (non-hydrogen) atoms. The highest BCUT2D eigenvalue weighted by Crippen LogP contribution is 2.07. The number of benzene rings is 1. The van der Waals surface area contributed by atoms with E-state index in [1.54, 1.807) is 0 Å². The van der Waals surface area contributed by atoms with Gasteiger partial charge < -0.3 is 20.3 Å². The van der Waals surface area contributed by atoms with E-state index >= 15 is 0 Å². The van der Waals surface area contributed by atoms with Crippen LogP contribution in [0.15, 0.2) is 54.3 Å². The third-order valence-corrected chi connectivity index (χ3v) is 3.92. The van der Waals surface area contributed by atoms with Crippen LogP contribution in [0.3, 0.4) is 0 Å². The summed E-state index contributed by atoms with van der Waals surface area (Å²) in [6.07, 6.45) is 10.3. The molecular formula is C27H50N3O3+. The fourth-order valence-corrected chi connectivity index (χ4v) is 2.36. The minimum Gasteiger partial charge on any atom is -0.471 e. The molecule has 6 nitrogen and oxygen atoms in total. The van der Waals surface area contributed by atoms with Crippen molar-refractivity contribution >= 4 is 12.4 Å². The third-order valence-electron chi connectivity index (χ3n) is 3.92. The zero-order valence-corrected chi connectivity index (χ0v) is 22.6. The van der Waals surface area contributed by atoms with Crippen LogP contribution in [0.25, 0.3) is 0 Å². The number of aryl methyl sites for hydroxylation is 1. The lowest BCUT2D eigenvalue weighted by Crippen LogP contribution is -2.28. The summed E-state index contributed by atoms with van der Waals surface area (Å²) in [6.45, 7) is 9.44. The van der Waals surface area contributed by atoms with Crippen LogP contribution < -0.4 is 11.1 Å². The van der Waals surface area contributed by atoms with Crippen LogP contribution in [0.5, 0.6) is 0 Å². The number of nitrogens with zero attached hydrogens (tertiary/aromatic N) is 1. The second-order valence-corrected chi connectivity index (χ2v) is 8.52. The van der Waals surface area contributed by atoms with Crippen LogP contribution in [0, 0.1) is 5.92 Å². The van der Waals surface area contributed by atoms with Crippen LogP contribution in [-0.2, 0) is 20.7 Å². The molecule has 0 saturated carbocycles. The van der Waals surface area contributed by atoms with Crippen molar-refractivity contribution in [1.29, 1.82) is 0 Å². The Kier molecular flexibility index (Phi) is 25.8. The smallest absolute Gasteiger partial charge is 0.292 e. The number of allylic oxidation sites excluding steroid dienone is 2. The van der Waals surface area contributed by atoms with Gasteiger partial charge in [-0.25, -0.2) is 0 Å². The fraction of sp³-hybridized carbons (Fsp3) is 0.556. The molecule has 1 amide bonds. The highest BCUT2D eigenvalue weighted by atomic mass is 16.5. The molecule has 0 unspecified atom stereocenters. The summed E-state index contributed by atoms with van der Waals surface area (Å²) < 4.78 is 4.67. The second-order valence-electron chi connectivity index (χ2n) is 8.52. The van der Waals surface area contributed by atoms with Gasteiger partial charge in [0, 0.05) is 12.1 Å². The Morgan fingerprint density at radius 3 is 2.09 bits per heavy atom. The molecule has 3 N–H and O–H groups in total. The highest BCUT2D eigenvalue weighted by molar-refractivity contribution is 5.93. The second kappa shape index (κ2) is 24.2. The van der Waals surface area contributed by atoms with E-state index in [9.17, 15) is 4.79 Å². The number of nitrogens with two attached hydrogens (primary N) is 1. The first kappa shape index (κ1) is 35.2. The van der Waals surface area contributed by atoms with E-state index in [-0.39, 0.29) is 5.91 Å². The van der Waals surface area contributed by atoms with Crippen molar-refractivity contribution in [3.05, 3.63) is 59.8 Å². The van der Waals surface area contributed by atoms with Gasteiger partial charge in [-0.3, -0.25) is 9.59 Å². The number of ether oxygens (including phenoxy) is 1. The summed E-state index contributed by atoms with van der Waals surface area (Å²) in [5.74, 6) is 0.565. The quantitative estimate of drug-likeness (QED) is 0.298. The number of amides is 1. The Morgan fingerprint density at radius 1 is 1.15 bits per heavy atom. The van der Waals surface area contributed by atoms with Gasteiger partial charge in [-0.05, 0) is 50.8 Å². The lowest BCUT2D eigenvalue weighted by Gasteiger charge is -2.17. The number of nitrogens with one attached hydrogen (secondary N) is 1. The average molecular weight is 465 g/mol. The van der Waals surface area contributed by atoms with Crippen LogP contribution in [-0.4, -0.2) is 58.7 Å². The zero-order chi connectivity index (χ0) is 26.1. The van der Waals surface area contributed by atoms with E-state index in [2.05, 4.69) is 100 Å². The van der Waals surface area contributed by atoms with Crippen molar-refractivity contribution in [2.75, 3.05) is 41.8 Å². The number of methoxy groups -OCH3 is 1. The summed E-state index contributed by atoms with van der Waals surface area (Å²) in [5, 5.41) is 2.96. The SMILES string of the molecule is C/C=C(\CCC=C[N+](C)(C)C)C(=O)NCC(C)C.CCCc1ccccc1.CN.COC=O. The molecule has 0 aromatic heterocycles. The molecule has 190 valence electrons. The van der Waals surface area contributed by atoms with Gasteiger partial charge in [0.25, 0.3) is 6.47 Å². The van der Waals surface area contributed by atoms with Crippen LogP contribution >= 0.6 is 0 Å². The van der Waals surface area contributed by atoms with Gasteiger partial charge in [0.15, 0.2) is 0 Å². The van der Waals surface area contributed by atoms with Gasteiger partial charge in [-0.15, -0.1) is 0 Å². The summed E-state index contributed by atoms with van der Waals surface area (Å²) in [5.41, 5.74) is 6.82. The molecule has 0 saturated heterocycles. The molecule has 6 heteroatoms. The Bertz CT molecular complexity index is 634. The summed E-state index contributed by atoms with van der Waals surface area (Å²) >= 11 is 0. The van der Waals surface area contributed by atoms with Crippen molar-refractivity contribution < 1.29 is 18.8 Å². The molecule has 0 aliphatic carbocycles. The topological polar surface area (TPSA) is 81.4 Å². The van der Waals surface area contributed by atoms with Crippen molar-refractivity contribution in [2.24, 2.45) is 11.7 Å². The number of quaternary nitrogens is 1. The molecule has 0 spiro atoms. The predicted molar refractivity (Wildman–Crippen MR) is 142 cm³/mol. The monoisotopic (exact) mass is 464 g/mol. The molecule has 0 bridgehead atoms. The van der Waals surface area contributed by atoms with Crippen molar-refractivity contribution in [3.63, 3.8) is 0 Å². The number of rotatable bonds is 10. The van der Waals surface area contributed by atoms with E-state index in [1.807, 2.05) is 13.0 Å². The molecule has 0 aliphatic rings. The Labute approximate surface area is 203 Å². The number of carbonyl (C=O) groups excluding carboxylic acids is 2.